The molecule has 0 aromatic heterocycles. The van der Waals surface area contributed by atoms with Crippen LogP contribution < -0.4 is 10.6 Å². The molecule has 0 atom stereocenters. The summed E-state index contributed by atoms with van der Waals surface area (Å²) in [5.74, 6) is 0.400. The fraction of sp³-hybridized carbons (Fsp3) is 0.873. The van der Waals surface area contributed by atoms with Crippen molar-refractivity contribution < 1.29 is 44.5 Å². The molecule has 17 nitrogen and oxygen atoms in total. The van der Waals surface area contributed by atoms with E-state index in [1.807, 2.05) is 67.7 Å². The Kier molecular flexibility index (Phi) is 53.0. The van der Waals surface area contributed by atoms with Crippen LogP contribution in [0.25, 0.3) is 0 Å². The van der Waals surface area contributed by atoms with Gasteiger partial charge in [0.1, 0.15) is 6.61 Å². The van der Waals surface area contributed by atoms with Crippen LogP contribution in [0, 0.1) is 5.92 Å². The fourth-order valence-electron chi connectivity index (χ4n) is 11.4. The monoisotopic (exact) mass is 1210 g/mol. The zero-order chi connectivity index (χ0) is 63.4. The van der Waals surface area contributed by atoms with Gasteiger partial charge in [0, 0.05) is 19.5 Å². The molecule has 0 aliphatic heterocycles. The van der Waals surface area contributed by atoms with Crippen LogP contribution in [0.15, 0.2) is 30.3 Å². The van der Waals surface area contributed by atoms with Crippen LogP contribution in [0.1, 0.15) is 217 Å². The molecule has 1 aromatic carbocycles. The van der Waals surface area contributed by atoms with Gasteiger partial charge >= 0.3 is 48.4 Å². The number of hydrogen-bond acceptors (Lipinski definition) is 15. The number of rotatable bonds is 61. The highest BCUT2D eigenvalue weighted by atomic mass is 16.5. The number of ether oxygens (including phenoxy) is 1. The van der Waals surface area contributed by atoms with Gasteiger partial charge in [-0.2, -0.15) is 0 Å². The highest BCUT2D eigenvalue weighted by Crippen LogP contribution is 2.19. The van der Waals surface area contributed by atoms with Crippen LogP contribution in [-0.2, 0) is 16.1 Å². The molecule has 0 saturated heterocycles. The van der Waals surface area contributed by atoms with Crippen molar-refractivity contribution in [2.24, 2.45) is 5.92 Å². The average Bonchev–Trinajstić information content (AvgIpc) is 3.69. The lowest BCUT2D eigenvalue weighted by atomic mass is 9.80. The van der Waals surface area contributed by atoms with E-state index in [1.54, 1.807) is 27.3 Å². The van der Waals surface area contributed by atoms with Gasteiger partial charge in [-0.25, -0.2) is 4.79 Å². The van der Waals surface area contributed by atoms with Gasteiger partial charge in [0.15, 0.2) is 0 Å². The highest BCUT2D eigenvalue weighted by molar-refractivity contribution is 6.46. The molecule has 0 fully saturated rings. The van der Waals surface area contributed by atoms with Crippen LogP contribution in [0.5, 0.6) is 0 Å². The molecular formula is C63H130B6N8O9. The summed E-state index contributed by atoms with van der Waals surface area (Å²) in [6.07, 6.45) is 37.5. The predicted octanol–water partition coefficient (Wildman–Crippen LogP) is 10.3. The van der Waals surface area contributed by atoms with Crippen molar-refractivity contribution >= 4 is 54.3 Å². The van der Waals surface area contributed by atoms with Crippen LogP contribution in [-0.4, -0.2) is 206 Å². The Morgan fingerprint density at radius 3 is 1.09 bits per heavy atom. The Morgan fingerprint density at radius 1 is 0.395 bits per heavy atom. The number of nitrogens with one attached hydrogen (secondary N) is 2. The molecule has 1 rings (SSSR count). The van der Waals surface area contributed by atoms with Gasteiger partial charge in [-0.15, -0.1) is 0 Å². The van der Waals surface area contributed by atoms with Gasteiger partial charge < -0.3 is 74.4 Å². The van der Waals surface area contributed by atoms with Crippen molar-refractivity contribution in [3.63, 3.8) is 0 Å². The van der Waals surface area contributed by atoms with Crippen LogP contribution in [0.2, 0.25) is 40.9 Å². The first kappa shape index (κ1) is 81.9. The number of carbonyl (C=O) groups excluding carboxylic acids is 2. The minimum absolute atomic E-state index is 0.171. The molecule has 2 amide bonds. The van der Waals surface area contributed by atoms with Crippen molar-refractivity contribution in [3.05, 3.63) is 35.9 Å². The topological polar surface area (TPSA) is 208 Å². The lowest BCUT2D eigenvalue weighted by molar-refractivity contribution is -0.121. The standard InChI is InChI=1S/C63H130B6N8O9/c1-64(80)72(7)49-41-55-74(66(3)82)51-37-39-53-76(68(5)84)57-61(58-77(69(6)85)54-40-38-52-75(67(4)83)56-42-50-73(8)65(2)81)45-31-27-29-35-47-70-62(78)46-34-26-24-22-20-18-16-14-12-10-9-11-13-15-17-19-21-23-25-28-36-48-71-63(79)86-59-60-43-32-30-33-44-60/h30,32-33,43-44,61,80-85H,9-29,31,34-42,45-59H2,1-8H3,(H,70,78)(H,71,79). The minimum Gasteiger partial charge on any atom is -0.445 e. The molecule has 0 aliphatic rings. The number of benzene rings is 1. The summed E-state index contributed by atoms with van der Waals surface area (Å²) in [5.41, 5.74) is 1.00. The molecular weight excluding hydrogens is 1080 g/mol. The van der Waals surface area contributed by atoms with E-state index in [0.29, 0.717) is 39.2 Å². The lowest BCUT2D eigenvalue weighted by Crippen LogP contribution is -2.47. The molecule has 86 heavy (non-hydrogen) atoms. The van der Waals surface area contributed by atoms with Gasteiger partial charge in [0.25, 0.3) is 0 Å². The maximum Gasteiger partial charge on any atom is 0.407 e. The normalized spacial score (nSPS) is 11.8. The Balaban J connectivity index is 2.31. The highest BCUT2D eigenvalue weighted by Gasteiger charge is 2.26. The second-order valence-electron chi connectivity index (χ2n) is 25.5. The van der Waals surface area contributed by atoms with Crippen LogP contribution in [0.4, 0.5) is 4.79 Å². The van der Waals surface area contributed by atoms with E-state index >= 15 is 0 Å². The van der Waals surface area contributed by atoms with Crippen molar-refractivity contribution in [3.8, 4) is 0 Å². The Morgan fingerprint density at radius 2 is 0.721 bits per heavy atom. The quantitative estimate of drug-likeness (QED) is 0.0226. The van der Waals surface area contributed by atoms with E-state index in [1.165, 1.54) is 109 Å². The first-order chi connectivity index (χ1) is 41.4. The third-order valence-corrected chi connectivity index (χ3v) is 17.5. The number of amides is 2. The molecule has 23 heteroatoms. The second kappa shape index (κ2) is 55.7. The molecule has 8 N–H and O–H groups in total. The average molecular weight is 1210 g/mol. The Labute approximate surface area is 529 Å². The summed E-state index contributed by atoms with van der Waals surface area (Å²) in [6, 6.07) is 9.77. The molecule has 0 radical (unpaired) electrons. The molecule has 0 saturated carbocycles. The molecule has 0 spiro atoms. The van der Waals surface area contributed by atoms with Gasteiger partial charge in [-0.3, -0.25) is 4.79 Å². The number of unbranched alkanes of at least 4 members (excludes halogenated alkanes) is 25. The summed E-state index contributed by atoms with van der Waals surface area (Å²) in [4.78, 5) is 36.8. The zero-order valence-electron chi connectivity index (χ0n) is 56.5. The second-order valence-corrected chi connectivity index (χ2v) is 25.5. The summed E-state index contributed by atoms with van der Waals surface area (Å²) in [7, 11) is 0.433. The first-order valence-corrected chi connectivity index (χ1v) is 35.1. The Bertz CT molecular complexity index is 1640. The van der Waals surface area contributed by atoms with Crippen LogP contribution >= 0.6 is 0 Å². The Hall–Kier alpha value is -2.13. The molecule has 0 heterocycles. The maximum atomic E-state index is 12.7. The number of nitrogens with zero attached hydrogens (tertiary/aromatic N) is 6. The van der Waals surface area contributed by atoms with E-state index < -0.39 is 42.3 Å². The summed E-state index contributed by atoms with van der Waals surface area (Å²) < 4.78 is 5.27. The van der Waals surface area contributed by atoms with Gasteiger partial charge in [0.05, 0.1) is 0 Å². The van der Waals surface area contributed by atoms with Crippen molar-refractivity contribution in [1.29, 1.82) is 0 Å². The number of hydrogen-bond donors (Lipinski definition) is 8. The third kappa shape index (κ3) is 47.8. The SMILES string of the molecule is CB(O)N(C)CCCN(CCCCN(CC(CCCCCCNC(=O)CCCCCCCCCCCCCCCCCCCCCCCNC(=O)OCc1ccccc1)CN(CCCCN(CCCN(C)B(C)O)B(C)O)B(C)O)B(C)O)B(C)O. The minimum atomic E-state index is -0.619. The molecule has 1 aromatic rings. The van der Waals surface area contributed by atoms with Crippen molar-refractivity contribution in [2.45, 2.75) is 259 Å². The first-order valence-electron chi connectivity index (χ1n) is 35.1. The summed E-state index contributed by atoms with van der Waals surface area (Å²) in [6.45, 7) is 19.9. The summed E-state index contributed by atoms with van der Waals surface area (Å²) in [5, 5.41) is 68.8. The summed E-state index contributed by atoms with van der Waals surface area (Å²) >= 11 is 0. The maximum absolute atomic E-state index is 12.7. The zero-order valence-corrected chi connectivity index (χ0v) is 56.5. The smallest absolute Gasteiger partial charge is 0.407 e. The molecule has 494 valence electrons. The van der Waals surface area contributed by atoms with Gasteiger partial charge in [-0.05, 0) is 196 Å². The molecule has 0 bridgehead atoms. The van der Waals surface area contributed by atoms with E-state index in [9.17, 15) is 39.7 Å². The van der Waals surface area contributed by atoms with E-state index in [2.05, 4.69) is 29.9 Å². The van der Waals surface area contributed by atoms with Crippen molar-refractivity contribution in [2.75, 3.05) is 92.6 Å². The molecule has 0 aliphatic carbocycles. The van der Waals surface area contributed by atoms with Gasteiger partial charge in [0.2, 0.25) is 5.91 Å². The van der Waals surface area contributed by atoms with E-state index in [0.717, 1.165) is 154 Å². The van der Waals surface area contributed by atoms with Gasteiger partial charge in [-0.1, -0.05) is 172 Å². The largest absolute Gasteiger partial charge is 0.445 e. The third-order valence-electron chi connectivity index (χ3n) is 17.5. The number of alkyl carbamates (subject to hydrolysis) is 1. The lowest BCUT2D eigenvalue weighted by Gasteiger charge is -2.33. The number of carbonyl (C=O) groups is 2. The predicted molar refractivity (Wildman–Crippen MR) is 368 cm³/mol. The van der Waals surface area contributed by atoms with Crippen molar-refractivity contribution in [1.82, 2.24) is 39.5 Å². The molecule has 0 unspecified atom stereocenters. The van der Waals surface area contributed by atoms with E-state index in [4.69, 9.17) is 4.74 Å². The van der Waals surface area contributed by atoms with Crippen LogP contribution in [0.3, 0.4) is 0 Å². The van der Waals surface area contributed by atoms with E-state index in [-0.39, 0.29) is 17.9 Å². The fourth-order valence-corrected chi connectivity index (χ4v) is 11.4.